The highest BCUT2D eigenvalue weighted by molar-refractivity contribution is 6.01. The lowest BCUT2D eigenvalue weighted by atomic mass is 9.44. The highest BCUT2D eigenvalue weighted by Gasteiger charge is 2.78. The number of methoxy groups -OCH3 is 1. The van der Waals surface area contributed by atoms with Crippen LogP contribution in [0.5, 0.6) is 0 Å². The molecule has 4 aliphatic rings. The fraction of sp³-hybridized carbons (Fsp3) is 0.731. The van der Waals surface area contributed by atoms with Crippen LogP contribution in [-0.4, -0.2) is 53.5 Å². The van der Waals surface area contributed by atoms with Gasteiger partial charge in [-0.25, -0.2) is 13.6 Å². The standard InChI is InChI=1S/C26H34F2O6/c1-6-7-21(31)34-26(22(32)33-5)14(2)10-16-17-12-19(27)18-11-15(29)8-9-23(18,3)25(17,28)20(30)13-24(16,26)4/h8-9,11,14,16-17,19-20,30H,6-7,10,12-13H2,1-5H3/t14-,16-,17-,19-,20-,23-,24-,25-,26-/m0/s1. The lowest BCUT2D eigenvalue weighted by molar-refractivity contribution is -0.238. The van der Waals surface area contributed by atoms with Crippen molar-refractivity contribution in [1.29, 1.82) is 0 Å². The summed E-state index contributed by atoms with van der Waals surface area (Å²) < 4.78 is 43.8. The number of ether oxygens (including phenoxy) is 2. The molecular formula is C26H34F2O6. The summed E-state index contributed by atoms with van der Waals surface area (Å²) in [5.74, 6) is -3.77. The third-order valence-electron chi connectivity index (χ3n) is 9.39. The van der Waals surface area contributed by atoms with Crippen molar-refractivity contribution < 1.29 is 37.7 Å². The van der Waals surface area contributed by atoms with E-state index in [2.05, 4.69) is 0 Å². The maximum atomic E-state index is 17.2. The molecule has 3 saturated carbocycles. The van der Waals surface area contributed by atoms with E-state index in [0.717, 1.165) is 6.08 Å². The molecule has 4 rings (SSSR count). The van der Waals surface area contributed by atoms with Crippen LogP contribution in [0, 0.1) is 28.6 Å². The molecule has 0 amide bonds. The summed E-state index contributed by atoms with van der Waals surface area (Å²) in [4.78, 5) is 37.9. The highest BCUT2D eigenvalue weighted by atomic mass is 19.1. The minimum Gasteiger partial charge on any atom is -0.466 e. The number of esters is 2. The Morgan fingerprint density at radius 3 is 2.53 bits per heavy atom. The molecule has 0 aliphatic heterocycles. The molecule has 3 fully saturated rings. The molecule has 0 bridgehead atoms. The van der Waals surface area contributed by atoms with Crippen molar-refractivity contribution in [2.24, 2.45) is 28.6 Å². The van der Waals surface area contributed by atoms with Gasteiger partial charge >= 0.3 is 11.9 Å². The summed E-state index contributed by atoms with van der Waals surface area (Å²) in [6.45, 7) is 6.82. The molecule has 0 saturated heterocycles. The number of halogens is 2. The van der Waals surface area contributed by atoms with Gasteiger partial charge in [0.25, 0.3) is 0 Å². The van der Waals surface area contributed by atoms with Crippen molar-refractivity contribution in [2.75, 3.05) is 7.11 Å². The molecule has 8 heteroatoms. The van der Waals surface area contributed by atoms with Crippen LogP contribution in [0.15, 0.2) is 23.8 Å². The number of allylic oxidation sites excluding steroid dienone is 4. The third-order valence-corrected chi connectivity index (χ3v) is 9.39. The molecule has 0 aromatic carbocycles. The molecule has 0 spiro atoms. The van der Waals surface area contributed by atoms with Gasteiger partial charge in [0.2, 0.25) is 5.60 Å². The highest BCUT2D eigenvalue weighted by Crippen LogP contribution is 2.71. The van der Waals surface area contributed by atoms with E-state index in [1.165, 1.54) is 26.2 Å². The zero-order chi connectivity index (χ0) is 25.3. The van der Waals surface area contributed by atoms with Gasteiger partial charge in [0.05, 0.1) is 13.2 Å². The first kappa shape index (κ1) is 25.0. The van der Waals surface area contributed by atoms with E-state index in [1.807, 2.05) is 6.92 Å². The Kier molecular flexibility index (Phi) is 5.86. The van der Waals surface area contributed by atoms with Gasteiger partial charge in [-0.3, -0.25) is 9.59 Å². The number of rotatable bonds is 4. The van der Waals surface area contributed by atoms with Crippen LogP contribution in [0.1, 0.15) is 59.8 Å². The average Bonchev–Trinajstić information content (AvgIpc) is 2.99. The Bertz CT molecular complexity index is 976. The Hall–Kier alpha value is -2.09. The minimum absolute atomic E-state index is 0.0426. The number of ketones is 1. The second kappa shape index (κ2) is 7.97. The quantitative estimate of drug-likeness (QED) is 0.616. The number of fused-ring (bicyclic) bond motifs is 5. The Labute approximate surface area is 198 Å². The second-order valence-electron chi connectivity index (χ2n) is 10.9. The van der Waals surface area contributed by atoms with Gasteiger partial charge in [0.15, 0.2) is 11.5 Å². The number of carbonyl (C=O) groups is 3. The van der Waals surface area contributed by atoms with Crippen LogP contribution in [0.2, 0.25) is 0 Å². The maximum Gasteiger partial charge on any atom is 0.351 e. The van der Waals surface area contributed by atoms with Crippen LogP contribution in [0.4, 0.5) is 8.78 Å². The number of aliphatic hydroxyl groups excluding tert-OH is 1. The van der Waals surface area contributed by atoms with E-state index in [4.69, 9.17) is 9.47 Å². The number of hydrogen-bond donors (Lipinski definition) is 1. The molecule has 4 aliphatic carbocycles. The zero-order valence-electron chi connectivity index (χ0n) is 20.4. The van der Waals surface area contributed by atoms with Crippen LogP contribution in [-0.2, 0) is 23.9 Å². The molecule has 188 valence electrons. The molecule has 0 unspecified atom stereocenters. The second-order valence-corrected chi connectivity index (χ2v) is 10.9. The van der Waals surface area contributed by atoms with Gasteiger partial charge in [0.1, 0.15) is 6.17 Å². The Morgan fingerprint density at radius 2 is 1.91 bits per heavy atom. The zero-order valence-corrected chi connectivity index (χ0v) is 20.4. The van der Waals surface area contributed by atoms with E-state index < -0.39 is 69.9 Å². The van der Waals surface area contributed by atoms with Crippen molar-refractivity contribution in [1.82, 2.24) is 0 Å². The normalized spacial score (nSPS) is 47.2. The van der Waals surface area contributed by atoms with Crippen LogP contribution in [0.25, 0.3) is 0 Å². The van der Waals surface area contributed by atoms with Gasteiger partial charge in [-0.05, 0) is 56.3 Å². The number of hydrogen-bond acceptors (Lipinski definition) is 6. The molecule has 0 radical (unpaired) electrons. The van der Waals surface area contributed by atoms with Crippen LogP contribution in [0.3, 0.4) is 0 Å². The van der Waals surface area contributed by atoms with Crippen molar-refractivity contribution in [3.8, 4) is 0 Å². The topological polar surface area (TPSA) is 89.9 Å². The molecule has 0 aromatic heterocycles. The predicted molar refractivity (Wildman–Crippen MR) is 119 cm³/mol. The third kappa shape index (κ3) is 2.90. The summed E-state index contributed by atoms with van der Waals surface area (Å²) in [5.41, 5.74) is -6.62. The molecular weight excluding hydrogens is 446 g/mol. The largest absolute Gasteiger partial charge is 0.466 e. The van der Waals surface area contributed by atoms with Gasteiger partial charge in [0, 0.05) is 29.1 Å². The summed E-state index contributed by atoms with van der Waals surface area (Å²) in [6, 6.07) is 0. The maximum absolute atomic E-state index is 17.2. The van der Waals surface area contributed by atoms with E-state index in [9.17, 15) is 19.5 Å². The SMILES string of the molecule is CCCC(=O)O[C@]1(C(=O)OC)[C@@H](C)C[C@H]2[C@@H]3C[C@H](F)C4=CC(=O)C=C[C@]4(C)[C@@]3(F)[C@@H](O)C[C@@]21C. The number of alkyl halides is 2. The smallest absolute Gasteiger partial charge is 0.351 e. The number of aliphatic hydroxyl groups is 1. The van der Waals surface area contributed by atoms with Crippen molar-refractivity contribution >= 4 is 17.7 Å². The fourth-order valence-electron chi connectivity index (χ4n) is 7.80. The monoisotopic (exact) mass is 480 g/mol. The van der Waals surface area contributed by atoms with Crippen molar-refractivity contribution in [2.45, 2.75) is 83.3 Å². The lowest BCUT2D eigenvalue weighted by Gasteiger charge is -2.63. The summed E-state index contributed by atoms with van der Waals surface area (Å²) in [7, 11) is 1.21. The molecule has 1 N–H and O–H groups in total. The van der Waals surface area contributed by atoms with E-state index in [-0.39, 0.29) is 24.8 Å². The molecule has 0 aromatic rings. The molecule has 6 nitrogen and oxygen atoms in total. The first-order valence-corrected chi connectivity index (χ1v) is 12.1. The van der Waals surface area contributed by atoms with Crippen molar-refractivity contribution in [3.05, 3.63) is 23.8 Å². The van der Waals surface area contributed by atoms with Gasteiger partial charge < -0.3 is 14.6 Å². The van der Waals surface area contributed by atoms with E-state index in [1.54, 1.807) is 13.8 Å². The average molecular weight is 481 g/mol. The number of carbonyl (C=O) groups excluding carboxylic acids is 3. The molecule has 9 atom stereocenters. The van der Waals surface area contributed by atoms with Gasteiger partial charge in [-0.2, -0.15) is 0 Å². The lowest BCUT2D eigenvalue weighted by Crippen LogP contribution is -2.71. The first-order chi connectivity index (χ1) is 15.8. The minimum atomic E-state index is -2.26. The van der Waals surface area contributed by atoms with E-state index in [0.29, 0.717) is 12.8 Å². The van der Waals surface area contributed by atoms with Crippen molar-refractivity contribution in [3.63, 3.8) is 0 Å². The Morgan fingerprint density at radius 1 is 1.24 bits per heavy atom. The Balaban J connectivity index is 1.86. The van der Waals surface area contributed by atoms with Gasteiger partial charge in [-0.1, -0.05) is 26.8 Å². The molecule has 34 heavy (non-hydrogen) atoms. The fourth-order valence-corrected chi connectivity index (χ4v) is 7.80. The van der Waals surface area contributed by atoms with Crippen LogP contribution < -0.4 is 0 Å². The van der Waals surface area contributed by atoms with Gasteiger partial charge in [-0.15, -0.1) is 0 Å². The summed E-state index contributed by atoms with van der Waals surface area (Å²) in [5, 5.41) is 11.4. The first-order valence-electron chi connectivity index (χ1n) is 12.1. The van der Waals surface area contributed by atoms with Crippen LogP contribution >= 0.6 is 0 Å². The summed E-state index contributed by atoms with van der Waals surface area (Å²) in [6.07, 6.45) is 1.10. The van der Waals surface area contributed by atoms with E-state index >= 15 is 8.78 Å². The predicted octanol–water partition coefficient (Wildman–Crippen LogP) is 3.81. The summed E-state index contributed by atoms with van der Waals surface area (Å²) >= 11 is 0. The molecule has 0 heterocycles.